The molecule has 5 N–H and O–H groups in total. The molecular formula is C30H28O14. The van der Waals surface area contributed by atoms with Gasteiger partial charge in [0.15, 0.2) is 23.5 Å². The minimum atomic E-state index is -1.53. The Bertz CT molecular complexity index is 1750. The maximum absolute atomic E-state index is 12.9. The number of fused-ring (bicyclic) bond motifs is 1. The van der Waals surface area contributed by atoms with E-state index in [0.717, 1.165) is 27.4 Å². The van der Waals surface area contributed by atoms with Gasteiger partial charge in [-0.3, -0.25) is 4.79 Å². The molecule has 0 saturated heterocycles. The first-order valence-electron chi connectivity index (χ1n) is 12.8. The molecule has 1 aliphatic heterocycles. The van der Waals surface area contributed by atoms with E-state index in [1.807, 2.05) is 0 Å². The molecule has 0 spiro atoms. The van der Waals surface area contributed by atoms with E-state index in [2.05, 4.69) is 0 Å². The van der Waals surface area contributed by atoms with Crippen LogP contribution in [-0.2, 0) is 25.4 Å². The summed E-state index contributed by atoms with van der Waals surface area (Å²) in [5.41, 5.74) is -2.38. The van der Waals surface area contributed by atoms with E-state index in [-0.39, 0.29) is 45.2 Å². The Hall–Kier alpha value is -5.50. The number of rotatable bonds is 8. The van der Waals surface area contributed by atoms with Crippen LogP contribution in [0, 0.1) is 20.8 Å². The van der Waals surface area contributed by atoms with Crippen LogP contribution in [0.5, 0.6) is 40.2 Å². The molecule has 44 heavy (non-hydrogen) atoms. The zero-order valence-electron chi connectivity index (χ0n) is 24.3. The van der Waals surface area contributed by atoms with E-state index in [4.69, 9.17) is 23.7 Å². The lowest BCUT2D eigenvalue weighted by Gasteiger charge is -2.22. The lowest BCUT2D eigenvalue weighted by Crippen LogP contribution is -2.11. The van der Waals surface area contributed by atoms with Gasteiger partial charge in [-0.1, -0.05) is 0 Å². The van der Waals surface area contributed by atoms with E-state index in [1.165, 1.54) is 20.8 Å². The smallest absolute Gasteiger partial charge is 0.345 e. The third-order valence-corrected chi connectivity index (χ3v) is 7.42. The Morgan fingerprint density at radius 1 is 0.841 bits per heavy atom. The van der Waals surface area contributed by atoms with Crippen LogP contribution in [0.1, 0.15) is 81.1 Å². The second kappa shape index (κ2) is 11.6. The normalized spacial score (nSPS) is 13.7. The fourth-order valence-corrected chi connectivity index (χ4v) is 5.09. The largest absolute Gasteiger partial charge is 0.507 e. The number of phenolic OH excluding ortho intramolecular Hbond substituents is 5. The zero-order chi connectivity index (χ0) is 32.8. The third-order valence-electron chi connectivity index (χ3n) is 7.42. The quantitative estimate of drug-likeness (QED) is 0.139. The number of esters is 3. The first-order chi connectivity index (χ1) is 20.7. The van der Waals surface area contributed by atoms with E-state index in [0.29, 0.717) is 0 Å². The summed E-state index contributed by atoms with van der Waals surface area (Å²) in [6.07, 6.45) is -1.90. The number of phenols is 5. The van der Waals surface area contributed by atoms with Gasteiger partial charge in [0.05, 0.1) is 25.3 Å². The number of hydrogen-bond donors (Lipinski definition) is 5. The van der Waals surface area contributed by atoms with Crippen LogP contribution in [-0.4, -0.2) is 71.1 Å². The van der Waals surface area contributed by atoms with E-state index >= 15 is 0 Å². The molecule has 0 fully saturated rings. The third kappa shape index (κ3) is 4.74. The molecule has 0 aliphatic carbocycles. The van der Waals surface area contributed by atoms with Crippen molar-refractivity contribution in [3.8, 4) is 40.2 Å². The van der Waals surface area contributed by atoms with Crippen molar-refractivity contribution in [3.05, 3.63) is 61.7 Å². The average Bonchev–Trinajstić information content (AvgIpc) is 3.33. The minimum Gasteiger partial charge on any atom is -0.507 e. The molecule has 0 bridgehead atoms. The standard InChI is InChI=1S/C30H28O14/c1-10-7-16(32)15(9-31)25(17(10)27(37)40-4)43-26-20-19(29(39)44-30(20)42-6)23(35)14(24(26)36)8-13-11(2)18(28(38)41-5)22(34)12(3)21(13)33/h7,9,30,32-36H,8H2,1-6H3/t30-/m0/s1. The number of cyclic esters (lactones) is 1. The van der Waals surface area contributed by atoms with Gasteiger partial charge in [-0.25, -0.2) is 14.4 Å². The molecule has 14 heteroatoms. The van der Waals surface area contributed by atoms with Crippen LogP contribution in [0.2, 0.25) is 0 Å². The van der Waals surface area contributed by atoms with Gasteiger partial charge in [-0.15, -0.1) is 0 Å². The second-order valence-corrected chi connectivity index (χ2v) is 9.78. The summed E-state index contributed by atoms with van der Waals surface area (Å²) in [5.74, 6) is -7.43. The van der Waals surface area contributed by atoms with Crippen molar-refractivity contribution in [2.45, 2.75) is 33.5 Å². The molecule has 0 amide bonds. The van der Waals surface area contributed by atoms with Crippen molar-refractivity contribution in [1.82, 2.24) is 0 Å². The molecule has 1 aliphatic rings. The first-order valence-corrected chi connectivity index (χ1v) is 12.8. The lowest BCUT2D eigenvalue weighted by molar-refractivity contribution is -0.0823. The van der Waals surface area contributed by atoms with Crippen LogP contribution >= 0.6 is 0 Å². The first kappa shape index (κ1) is 31.4. The van der Waals surface area contributed by atoms with Crippen LogP contribution in [0.3, 0.4) is 0 Å². The summed E-state index contributed by atoms with van der Waals surface area (Å²) in [5, 5.41) is 54.8. The highest BCUT2D eigenvalue weighted by Crippen LogP contribution is 2.54. The predicted octanol–water partition coefficient (Wildman–Crippen LogP) is 3.72. The van der Waals surface area contributed by atoms with Gasteiger partial charge in [0.1, 0.15) is 39.7 Å². The molecule has 4 rings (SSSR count). The van der Waals surface area contributed by atoms with Crippen molar-refractivity contribution < 1.29 is 68.4 Å². The molecule has 0 radical (unpaired) electrons. The summed E-state index contributed by atoms with van der Waals surface area (Å²) < 4.78 is 25.9. The minimum absolute atomic E-state index is 0.0244. The molecule has 3 aromatic carbocycles. The highest BCUT2D eigenvalue weighted by molar-refractivity contribution is 6.01. The summed E-state index contributed by atoms with van der Waals surface area (Å²) in [6.45, 7) is 4.11. The number of methoxy groups -OCH3 is 3. The Labute approximate surface area is 249 Å². The summed E-state index contributed by atoms with van der Waals surface area (Å²) in [6, 6.07) is 1.12. The summed E-state index contributed by atoms with van der Waals surface area (Å²) >= 11 is 0. The van der Waals surface area contributed by atoms with Crippen LogP contribution in [0.4, 0.5) is 0 Å². The number of benzene rings is 3. The Balaban J connectivity index is 2.07. The van der Waals surface area contributed by atoms with Gasteiger partial charge < -0.3 is 49.2 Å². The second-order valence-electron chi connectivity index (χ2n) is 9.78. The molecule has 232 valence electrons. The highest BCUT2D eigenvalue weighted by Gasteiger charge is 2.42. The van der Waals surface area contributed by atoms with Gasteiger partial charge in [0.2, 0.25) is 6.29 Å². The number of aryl methyl sites for hydroxylation is 1. The Kier molecular flexibility index (Phi) is 8.32. The number of ether oxygens (including phenoxy) is 5. The van der Waals surface area contributed by atoms with Crippen LogP contribution in [0.15, 0.2) is 6.07 Å². The molecule has 1 atom stereocenters. The van der Waals surface area contributed by atoms with E-state index in [9.17, 15) is 44.7 Å². The number of carbonyl (C=O) groups is 4. The number of hydrogen-bond acceptors (Lipinski definition) is 14. The average molecular weight is 613 g/mol. The monoisotopic (exact) mass is 612 g/mol. The molecular weight excluding hydrogens is 584 g/mol. The summed E-state index contributed by atoms with van der Waals surface area (Å²) in [7, 11) is 3.31. The topological polar surface area (TPSA) is 216 Å². The van der Waals surface area contributed by atoms with Crippen LogP contribution < -0.4 is 4.74 Å². The van der Waals surface area contributed by atoms with Gasteiger partial charge >= 0.3 is 17.9 Å². The van der Waals surface area contributed by atoms with Gasteiger partial charge in [0, 0.05) is 30.2 Å². The number of carbonyl (C=O) groups excluding carboxylic acids is 4. The van der Waals surface area contributed by atoms with Crippen LogP contribution in [0.25, 0.3) is 0 Å². The van der Waals surface area contributed by atoms with E-state index < -0.39 is 87.6 Å². The maximum atomic E-state index is 12.9. The van der Waals surface area contributed by atoms with Gasteiger partial charge in [0.25, 0.3) is 0 Å². The fraction of sp³-hybridized carbons (Fsp3) is 0.267. The molecule has 0 saturated carbocycles. The predicted molar refractivity (Wildman–Crippen MR) is 148 cm³/mol. The molecule has 0 aromatic heterocycles. The maximum Gasteiger partial charge on any atom is 0.345 e. The molecule has 3 aromatic rings. The summed E-state index contributed by atoms with van der Waals surface area (Å²) in [4.78, 5) is 50.2. The zero-order valence-corrected chi connectivity index (χ0v) is 24.3. The van der Waals surface area contributed by atoms with Crippen molar-refractivity contribution in [3.63, 3.8) is 0 Å². The van der Waals surface area contributed by atoms with Crippen molar-refractivity contribution in [2.24, 2.45) is 0 Å². The SMILES string of the molecule is COC(=O)c1c(C)c(Cc2c(O)c(Oc3c(C=O)c(O)cc(C)c3C(=O)OC)c3c(c2O)C(=O)O[C@@H]3OC)c(O)c(C)c1O. The molecule has 1 heterocycles. The molecule has 14 nitrogen and oxygen atoms in total. The Morgan fingerprint density at radius 2 is 1.45 bits per heavy atom. The Morgan fingerprint density at radius 3 is 2.02 bits per heavy atom. The van der Waals surface area contributed by atoms with Crippen molar-refractivity contribution >= 4 is 24.2 Å². The number of aldehydes is 1. The van der Waals surface area contributed by atoms with E-state index in [1.54, 1.807) is 0 Å². The lowest BCUT2D eigenvalue weighted by atomic mass is 9.89. The van der Waals surface area contributed by atoms with Gasteiger partial charge in [-0.2, -0.15) is 0 Å². The van der Waals surface area contributed by atoms with Crippen molar-refractivity contribution in [1.29, 1.82) is 0 Å². The fourth-order valence-electron chi connectivity index (χ4n) is 5.09. The highest BCUT2D eigenvalue weighted by atomic mass is 16.7. The number of aromatic hydroxyl groups is 5. The van der Waals surface area contributed by atoms with Crippen molar-refractivity contribution in [2.75, 3.05) is 21.3 Å². The molecule has 0 unspecified atom stereocenters. The van der Waals surface area contributed by atoms with Gasteiger partial charge in [-0.05, 0) is 38.0 Å².